The summed E-state index contributed by atoms with van der Waals surface area (Å²) in [6.45, 7) is 5.66. The van der Waals surface area contributed by atoms with Gasteiger partial charge in [-0.25, -0.2) is 4.98 Å². The summed E-state index contributed by atoms with van der Waals surface area (Å²) in [7, 11) is 0. The zero-order chi connectivity index (χ0) is 12.8. The highest BCUT2D eigenvalue weighted by atomic mass is 16.5. The van der Waals surface area contributed by atoms with E-state index in [4.69, 9.17) is 9.47 Å². The maximum Gasteiger partial charge on any atom is 0.168 e. The fourth-order valence-corrected chi connectivity index (χ4v) is 2.08. The van der Waals surface area contributed by atoms with Crippen LogP contribution in [0, 0.1) is 0 Å². The number of hydrogen-bond donors (Lipinski definition) is 1. The monoisotopic (exact) mass is 250 g/mol. The minimum atomic E-state index is 0.413. The lowest BCUT2D eigenvalue weighted by Crippen LogP contribution is -2.41. The van der Waals surface area contributed by atoms with E-state index in [0.717, 1.165) is 44.0 Å². The van der Waals surface area contributed by atoms with E-state index in [1.165, 1.54) is 0 Å². The van der Waals surface area contributed by atoms with Gasteiger partial charge in [0.15, 0.2) is 11.6 Å². The van der Waals surface area contributed by atoms with E-state index in [9.17, 15) is 0 Å². The molecule has 1 heterocycles. The number of anilines is 1. The summed E-state index contributed by atoms with van der Waals surface area (Å²) in [6, 6.07) is 4.32. The molecular weight excluding hydrogens is 228 g/mol. The van der Waals surface area contributed by atoms with E-state index in [2.05, 4.69) is 17.2 Å². The van der Waals surface area contributed by atoms with Crippen LogP contribution in [0.1, 0.15) is 33.1 Å². The van der Waals surface area contributed by atoms with E-state index in [1.54, 1.807) is 6.20 Å². The first-order valence-electron chi connectivity index (χ1n) is 6.79. The first-order chi connectivity index (χ1) is 8.83. The highest BCUT2D eigenvalue weighted by Gasteiger charge is 2.30. The minimum absolute atomic E-state index is 0.413. The molecule has 1 aromatic heterocycles. The van der Waals surface area contributed by atoms with Crippen molar-refractivity contribution in [2.75, 3.05) is 18.5 Å². The van der Waals surface area contributed by atoms with Crippen molar-refractivity contribution in [2.24, 2.45) is 0 Å². The second kappa shape index (κ2) is 6.59. The number of pyridine rings is 1. The van der Waals surface area contributed by atoms with Gasteiger partial charge in [-0.05, 0) is 38.3 Å². The topological polar surface area (TPSA) is 43.4 Å². The zero-order valence-electron chi connectivity index (χ0n) is 11.2. The first-order valence-corrected chi connectivity index (χ1v) is 6.79. The minimum Gasteiger partial charge on any atom is -0.490 e. The van der Waals surface area contributed by atoms with Crippen LogP contribution in [-0.4, -0.2) is 30.3 Å². The van der Waals surface area contributed by atoms with Crippen molar-refractivity contribution < 1.29 is 9.47 Å². The molecule has 1 saturated carbocycles. The smallest absolute Gasteiger partial charge is 0.168 e. The van der Waals surface area contributed by atoms with Crippen LogP contribution < -0.4 is 10.1 Å². The SMILES string of the molecule is CCCOc1cccnc1NC1CC(OCC)C1. The third-order valence-electron chi connectivity index (χ3n) is 3.07. The van der Waals surface area contributed by atoms with Crippen molar-refractivity contribution in [3.8, 4) is 5.75 Å². The third-order valence-corrected chi connectivity index (χ3v) is 3.07. The highest BCUT2D eigenvalue weighted by Crippen LogP contribution is 2.29. The molecule has 1 N–H and O–H groups in total. The lowest BCUT2D eigenvalue weighted by atomic mass is 9.89. The summed E-state index contributed by atoms with van der Waals surface area (Å²) in [5, 5.41) is 3.43. The Morgan fingerprint density at radius 1 is 1.39 bits per heavy atom. The molecule has 4 nitrogen and oxygen atoms in total. The van der Waals surface area contributed by atoms with Crippen LogP contribution in [0.5, 0.6) is 5.75 Å². The number of nitrogens with zero attached hydrogens (tertiary/aromatic N) is 1. The van der Waals surface area contributed by atoms with Gasteiger partial charge in [-0.1, -0.05) is 6.92 Å². The van der Waals surface area contributed by atoms with Gasteiger partial charge >= 0.3 is 0 Å². The van der Waals surface area contributed by atoms with Crippen molar-refractivity contribution >= 4 is 5.82 Å². The molecule has 18 heavy (non-hydrogen) atoms. The fraction of sp³-hybridized carbons (Fsp3) is 0.643. The quantitative estimate of drug-likeness (QED) is 0.808. The van der Waals surface area contributed by atoms with Crippen LogP contribution >= 0.6 is 0 Å². The van der Waals surface area contributed by atoms with Gasteiger partial charge in [0.25, 0.3) is 0 Å². The van der Waals surface area contributed by atoms with E-state index in [1.807, 2.05) is 19.1 Å². The molecular formula is C14H22N2O2. The average Bonchev–Trinajstić information content (AvgIpc) is 2.35. The molecule has 2 rings (SSSR count). The Labute approximate surface area is 109 Å². The first kappa shape index (κ1) is 13.1. The van der Waals surface area contributed by atoms with E-state index >= 15 is 0 Å². The molecule has 0 radical (unpaired) electrons. The molecule has 0 bridgehead atoms. The summed E-state index contributed by atoms with van der Waals surface area (Å²) in [4.78, 5) is 4.35. The molecule has 1 aliphatic carbocycles. The van der Waals surface area contributed by atoms with Crippen molar-refractivity contribution in [1.82, 2.24) is 4.98 Å². The van der Waals surface area contributed by atoms with Crippen LogP contribution in [0.4, 0.5) is 5.82 Å². The molecule has 0 aliphatic heterocycles. The van der Waals surface area contributed by atoms with Crippen LogP contribution in [0.3, 0.4) is 0 Å². The van der Waals surface area contributed by atoms with Crippen molar-refractivity contribution in [2.45, 2.75) is 45.3 Å². The molecule has 4 heteroatoms. The summed E-state index contributed by atoms with van der Waals surface area (Å²) in [5.74, 6) is 1.70. The Bertz CT molecular complexity index is 365. The summed E-state index contributed by atoms with van der Waals surface area (Å²) in [5.41, 5.74) is 0. The Balaban J connectivity index is 1.85. The second-order valence-corrected chi connectivity index (χ2v) is 4.59. The van der Waals surface area contributed by atoms with Gasteiger partial charge < -0.3 is 14.8 Å². The Morgan fingerprint density at radius 2 is 2.22 bits per heavy atom. The predicted molar refractivity (Wildman–Crippen MR) is 72.1 cm³/mol. The standard InChI is InChI=1S/C14H22N2O2/c1-3-8-18-13-6-5-7-15-14(13)16-11-9-12(10-11)17-4-2/h5-7,11-12H,3-4,8-10H2,1-2H3,(H,15,16). The number of hydrogen-bond acceptors (Lipinski definition) is 4. The molecule has 0 amide bonds. The number of aromatic nitrogens is 1. The number of nitrogens with one attached hydrogen (secondary N) is 1. The molecule has 0 aromatic carbocycles. The predicted octanol–water partition coefficient (Wildman–Crippen LogP) is 2.85. The maximum absolute atomic E-state index is 5.67. The van der Waals surface area contributed by atoms with Gasteiger partial charge in [0, 0.05) is 18.8 Å². The number of ether oxygens (including phenoxy) is 2. The molecule has 0 saturated heterocycles. The van der Waals surface area contributed by atoms with E-state index < -0.39 is 0 Å². The van der Waals surface area contributed by atoms with Gasteiger partial charge in [-0.15, -0.1) is 0 Å². The van der Waals surface area contributed by atoms with Crippen LogP contribution in [-0.2, 0) is 4.74 Å². The van der Waals surface area contributed by atoms with Crippen LogP contribution in [0.2, 0.25) is 0 Å². The molecule has 1 aromatic rings. The molecule has 0 spiro atoms. The van der Waals surface area contributed by atoms with E-state index in [0.29, 0.717) is 12.1 Å². The highest BCUT2D eigenvalue weighted by molar-refractivity contribution is 5.50. The van der Waals surface area contributed by atoms with Gasteiger partial charge in [0.05, 0.1) is 12.7 Å². The summed E-state index contributed by atoms with van der Waals surface area (Å²) < 4.78 is 11.2. The largest absolute Gasteiger partial charge is 0.490 e. The molecule has 1 aliphatic rings. The Hall–Kier alpha value is -1.29. The van der Waals surface area contributed by atoms with Crippen molar-refractivity contribution in [3.05, 3.63) is 18.3 Å². The lowest BCUT2D eigenvalue weighted by Gasteiger charge is -2.35. The Kier molecular flexibility index (Phi) is 4.81. The number of rotatable bonds is 7. The summed E-state index contributed by atoms with van der Waals surface area (Å²) in [6.07, 6.45) is 5.32. The van der Waals surface area contributed by atoms with Gasteiger partial charge in [-0.3, -0.25) is 0 Å². The van der Waals surface area contributed by atoms with E-state index in [-0.39, 0.29) is 0 Å². The van der Waals surface area contributed by atoms with Gasteiger partial charge in [0.2, 0.25) is 0 Å². The molecule has 1 fully saturated rings. The molecule has 100 valence electrons. The average molecular weight is 250 g/mol. The second-order valence-electron chi connectivity index (χ2n) is 4.59. The summed E-state index contributed by atoms with van der Waals surface area (Å²) >= 11 is 0. The normalized spacial score (nSPS) is 22.3. The maximum atomic E-state index is 5.67. The molecule has 0 unspecified atom stereocenters. The van der Waals surface area contributed by atoms with Crippen LogP contribution in [0.25, 0.3) is 0 Å². The fourth-order valence-electron chi connectivity index (χ4n) is 2.08. The Morgan fingerprint density at radius 3 is 2.94 bits per heavy atom. The zero-order valence-corrected chi connectivity index (χ0v) is 11.2. The lowest BCUT2D eigenvalue weighted by molar-refractivity contribution is 0.00287. The molecule has 0 atom stereocenters. The van der Waals surface area contributed by atoms with Crippen molar-refractivity contribution in [3.63, 3.8) is 0 Å². The third kappa shape index (κ3) is 3.35. The van der Waals surface area contributed by atoms with Crippen molar-refractivity contribution in [1.29, 1.82) is 0 Å². The van der Waals surface area contributed by atoms with Gasteiger partial charge in [0.1, 0.15) is 0 Å². The van der Waals surface area contributed by atoms with Gasteiger partial charge in [-0.2, -0.15) is 0 Å². The van der Waals surface area contributed by atoms with Crippen LogP contribution in [0.15, 0.2) is 18.3 Å².